The second kappa shape index (κ2) is 7.79. The van der Waals surface area contributed by atoms with E-state index in [2.05, 4.69) is 28.4 Å². The molecule has 5 nitrogen and oxygen atoms in total. The number of ether oxygens (including phenoxy) is 2. The number of carbonyl (C=O) groups is 1. The number of amides is 1. The summed E-state index contributed by atoms with van der Waals surface area (Å²) in [4.78, 5) is 15.0. The topological polar surface area (TPSA) is 50.8 Å². The third-order valence-corrected chi connectivity index (χ3v) is 4.95. The first-order chi connectivity index (χ1) is 12.8. The highest BCUT2D eigenvalue weighted by molar-refractivity contribution is 5.94. The van der Waals surface area contributed by atoms with Crippen molar-refractivity contribution in [1.82, 2.24) is 10.2 Å². The minimum Gasteiger partial charge on any atom is -0.486 e. The van der Waals surface area contributed by atoms with E-state index in [9.17, 15) is 4.79 Å². The molecule has 136 valence electrons. The fourth-order valence-corrected chi connectivity index (χ4v) is 3.53. The summed E-state index contributed by atoms with van der Waals surface area (Å²) in [5.74, 6) is 1.24. The quantitative estimate of drug-likeness (QED) is 0.899. The first-order valence-corrected chi connectivity index (χ1v) is 9.26. The van der Waals surface area contributed by atoms with E-state index in [1.54, 1.807) is 18.2 Å². The van der Waals surface area contributed by atoms with Crippen LogP contribution in [-0.4, -0.2) is 37.1 Å². The van der Waals surface area contributed by atoms with Crippen LogP contribution < -0.4 is 14.8 Å². The number of rotatable bonds is 5. The van der Waals surface area contributed by atoms with Crippen LogP contribution >= 0.6 is 0 Å². The average Bonchev–Trinajstić information content (AvgIpc) is 3.20. The van der Waals surface area contributed by atoms with Crippen molar-refractivity contribution in [3.63, 3.8) is 0 Å². The monoisotopic (exact) mass is 352 g/mol. The predicted octanol–water partition coefficient (Wildman–Crippen LogP) is 2.98. The number of nitrogens with one attached hydrogen (secondary N) is 1. The second-order valence-electron chi connectivity index (χ2n) is 6.79. The lowest BCUT2D eigenvalue weighted by Gasteiger charge is -2.19. The Morgan fingerprint density at radius 3 is 2.50 bits per heavy atom. The zero-order valence-corrected chi connectivity index (χ0v) is 14.9. The molecule has 0 spiro atoms. The third-order valence-electron chi connectivity index (χ3n) is 4.95. The van der Waals surface area contributed by atoms with Gasteiger partial charge in [-0.15, -0.1) is 0 Å². The van der Waals surface area contributed by atoms with Gasteiger partial charge in [-0.2, -0.15) is 0 Å². The molecule has 1 N–H and O–H groups in total. The molecule has 0 radical (unpaired) electrons. The molecule has 2 aliphatic heterocycles. The van der Waals surface area contributed by atoms with E-state index >= 15 is 0 Å². The van der Waals surface area contributed by atoms with Gasteiger partial charge in [0.25, 0.3) is 5.91 Å². The fraction of sp³-hybridized carbons (Fsp3) is 0.381. The smallest absolute Gasteiger partial charge is 0.251 e. The molecule has 26 heavy (non-hydrogen) atoms. The van der Waals surface area contributed by atoms with Gasteiger partial charge < -0.3 is 14.8 Å². The number of carbonyl (C=O) groups excluding carboxylic acids is 1. The molecule has 0 atom stereocenters. The largest absolute Gasteiger partial charge is 0.486 e. The summed E-state index contributed by atoms with van der Waals surface area (Å²) in [7, 11) is 0. The molecule has 1 fully saturated rings. The van der Waals surface area contributed by atoms with Crippen molar-refractivity contribution >= 4 is 5.91 Å². The van der Waals surface area contributed by atoms with Gasteiger partial charge in [0.15, 0.2) is 11.5 Å². The van der Waals surface area contributed by atoms with Gasteiger partial charge in [0.2, 0.25) is 0 Å². The van der Waals surface area contributed by atoms with E-state index in [0.29, 0.717) is 36.8 Å². The number of likely N-dealkylation sites (tertiary alicyclic amines) is 1. The van der Waals surface area contributed by atoms with Crippen LogP contribution in [0.25, 0.3) is 0 Å². The zero-order valence-electron chi connectivity index (χ0n) is 14.9. The Balaban J connectivity index is 1.41. The van der Waals surface area contributed by atoms with Crippen molar-refractivity contribution in [2.45, 2.75) is 25.9 Å². The summed E-state index contributed by atoms with van der Waals surface area (Å²) in [5.41, 5.74) is 3.05. The SMILES string of the molecule is O=C(NCc1ccccc1CN1CCCC1)c1ccc2c(c1)OCCO2. The first-order valence-electron chi connectivity index (χ1n) is 9.26. The summed E-state index contributed by atoms with van der Waals surface area (Å²) < 4.78 is 11.1. The molecule has 0 bridgehead atoms. The van der Waals surface area contributed by atoms with Gasteiger partial charge in [-0.1, -0.05) is 24.3 Å². The number of benzene rings is 2. The van der Waals surface area contributed by atoms with Gasteiger partial charge >= 0.3 is 0 Å². The van der Waals surface area contributed by atoms with Crippen LogP contribution in [0.2, 0.25) is 0 Å². The third kappa shape index (κ3) is 3.83. The molecule has 2 aliphatic rings. The maximum Gasteiger partial charge on any atom is 0.251 e. The van der Waals surface area contributed by atoms with E-state index < -0.39 is 0 Å². The van der Waals surface area contributed by atoms with Crippen LogP contribution in [-0.2, 0) is 13.1 Å². The average molecular weight is 352 g/mol. The molecule has 2 heterocycles. The Morgan fingerprint density at radius 2 is 1.69 bits per heavy atom. The highest BCUT2D eigenvalue weighted by atomic mass is 16.6. The Hall–Kier alpha value is -2.53. The van der Waals surface area contributed by atoms with Crippen LogP contribution in [0.15, 0.2) is 42.5 Å². The summed E-state index contributed by atoms with van der Waals surface area (Å²) in [5, 5.41) is 3.03. The molecular weight excluding hydrogens is 328 g/mol. The van der Waals surface area contributed by atoms with Crippen molar-refractivity contribution in [3.8, 4) is 11.5 Å². The Morgan fingerprint density at radius 1 is 0.962 bits per heavy atom. The summed E-state index contributed by atoms with van der Waals surface area (Å²) in [6.45, 7) is 4.87. The standard InChI is InChI=1S/C21H24N2O3/c24-21(16-7-8-19-20(13-16)26-12-11-25-19)22-14-17-5-1-2-6-18(17)15-23-9-3-4-10-23/h1-2,5-8,13H,3-4,9-12,14-15H2,(H,22,24). The molecule has 2 aromatic rings. The van der Waals surface area contributed by atoms with Crippen LogP contribution in [0.4, 0.5) is 0 Å². The molecule has 4 rings (SSSR count). The van der Waals surface area contributed by atoms with Crippen LogP contribution in [0, 0.1) is 0 Å². The summed E-state index contributed by atoms with van der Waals surface area (Å²) in [6, 6.07) is 13.7. The normalized spacial score (nSPS) is 16.5. The molecule has 1 saturated heterocycles. The fourth-order valence-electron chi connectivity index (χ4n) is 3.53. The molecule has 0 aliphatic carbocycles. The maximum absolute atomic E-state index is 12.5. The summed E-state index contributed by atoms with van der Waals surface area (Å²) in [6.07, 6.45) is 2.56. The molecule has 0 unspecified atom stereocenters. The van der Waals surface area contributed by atoms with Crippen molar-refractivity contribution in [1.29, 1.82) is 0 Å². The van der Waals surface area contributed by atoms with Crippen molar-refractivity contribution in [2.75, 3.05) is 26.3 Å². The Labute approximate surface area is 153 Å². The Bertz CT molecular complexity index is 785. The van der Waals surface area contributed by atoms with Crippen molar-refractivity contribution in [2.24, 2.45) is 0 Å². The number of hydrogen-bond donors (Lipinski definition) is 1. The van der Waals surface area contributed by atoms with Crippen LogP contribution in [0.3, 0.4) is 0 Å². The van der Waals surface area contributed by atoms with Gasteiger partial charge in [0.05, 0.1) is 0 Å². The van der Waals surface area contributed by atoms with Crippen LogP contribution in [0.1, 0.15) is 34.3 Å². The van der Waals surface area contributed by atoms with Crippen molar-refractivity contribution < 1.29 is 14.3 Å². The number of hydrogen-bond acceptors (Lipinski definition) is 4. The highest BCUT2D eigenvalue weighted by Gasteiger charge is 2.16. The van der Waals surface area contributed by atoms with Crippen LogP contribution in [0.5, 0.6) is 11.5 Å². The van der Waals surface area contributed by atoms with Gasteiger partial charge in [-0.3, -0.25) is 9.69 Å². The maximum atomic E-state index is 12.5. The lowest BCUT2D eigenvalue weighted by molar-refractivity contribution is 0.0949. The zero-order chi connectivity index (χ0) is 17.8. The highest BCUT2D eigenvalue weighted by Crippen LogP contribution is 2.30. The molecule has 2 aromatic carbocycles. The van der Waals surface area contributed by atoms with E-state index in [0.717, 1.165) is 19.6 Å². The minimum absolute atomic E-state index is 0.0991. The van der Waals surface area contributed by atoms with Gasteiger partial charge in [-0.05, 0) is 55.3 Å². The van der Waals surface area contributed by atoms with Gasteiger partial charge in [0.1, 0.15) is 13.2 Å². The number of nitrogens with zero attached hydrogens (tertiary/aromatic N) is 1. The lowest BCUT2D eigenvalue weighted by atomic mass is 10.1. The Kier molecular flexibility index (Phi) is 5.07. The second-order valence-corrected chi connectivity index (χ2v) is 6.79. The molecule has 1 amide bonds. The van der Waals surface area contributed by atoms with E-state index in [-0.39, 0.29) is 5.91 Å². The van der Waals surface area contributed by atoms with E-state index in [1.165, 1.54) is 24.0 Å². The van der Waals surface area contributed by atoms with Crippen molar-refractivity contribution in [3.05, 3.63) is 59.2 Å². The number of fused-ring (bicyclic) bond motifs is 1. The minimum atomic E-state index is -0.0991. The van der Waals surface area contributed by atoms with Gasteiger partial charge in [0, 0.05) is 18.7 Å². The lowest BCUT2D eigenvalue weighted by Crippen LogP contribution is -2.25. The molecule has 0 aromatic heterocycles. The molecular formula is C21H24N2O3. The van der Waals surface area contributed by atoms with Gasteiger partial charge in [-0.25, -0.2) is 0 Å². The molecule has 0 saturated carbocycles. The van der Waals surface area contributed by atoms with E-state index in [1.807, 2.05) is 6.07 Å². The van der Waals surface area contributed by atoms with E-state index in [4.69, 9.17) is 9.47 Å². The first kappa shape index (κ1) is 16.9. The predicted molar refractivity (Wildman–Crippen MR) is 99.6 cm³/mol. The molecule has 5 heteroatoms. The summed E-state index contributed by atoms with van der Waals surface area (Å²) >= 11 is 0.